The summed E-state index contributed by atoms with van der Waals surface area (Å²) < 4.78 is 1.69. The van der Waals surface area contributed by atoms with E-state index in [1.807, 2.05) is 31.2 Å². The van der Waals surface area contributed by atoms with Gasteiger partial charge < -0.3 is 10.2 Å². The zero-order valence-corrected chi connectivity index (χ0v) is 15.5. The molecule has 2 heterocycles. The van der Waals surface area contributed by atoms with Gasteiger partial charge in [-0.25, -0.2) is 4.68 Å². The first-order chi connectivity index (χ1) is 12.1. The summed E-state index contributed by atoms with van der Waals surface area (Å²) in [4.78, 5) is 14.9. The predicted molar refractivity (Wildman–Crippen MR) is 98.3 cm³/mol. The fourth-order valence-electron chi connectivity index (χ4n) is 3.37. The normalized spacial score (nSPS) is 18.3. The number of piperidine rings is 1. The first-order valence-electron chi connectivity index (χ1n) is 8.75. The number of carbonyl (C=O) groups excluding carboxylic acids is 1. The summed E-state index contributed by atoms with van der Waals surface area (Å²) in [6.45, 7) is 4.83. The first-order valence-corrected chi connectivity index (χ1v) is 9.13. The Balaban J connectivity index is 1.72. The van der Waals surface area contributed by atoms with Crippen LogP contribution >= 0.6 is 11.6 Å². The summed E-state index contributed by atoms with van der Waals surface area (Å²) in [5.41, 5.74) is 2.00. The Kier molecular flexibility index (Phi) is 5.71. The molecule has 0 bridgehead atoms. The Hall–Kier alpha value is -1.92. The van der Waals surface area contributed by atoms with Gasteiger partial charge in [-0.2, -0.15) is 0 Å². The molecule has 1 amide bonds. The molecule has 134 valence electrons. The van der Waals surface area contributed by atoms with Crippen LogP contribution < -0.4 is 5.32 Å². The number of aromatic nitrogens is 3. The van der Waals surface area contributed by atoms with Gasteiger partial charge in [0.2, 0.25) is 0 Å². The summed E-state index contributed by atoms with van der Waals surface area (Å²) in [5.74, 6) is 0.342. The highest BCUT2D eigenvalue weighted by molar-refractivity contribution is 6.30. The van der Waals surface area contributed by atoms with Crippen molar-refractivity contribution in [3.8, 4) is 5.69 Å². The molecule has 1 fully saturated rings. The minimum atomic E-state index is -0.154. The van der Waals surface area contributed by atoms with Crippen LogP contribution in [0.2, 0.25) is 5.02 Å². The fourth-order valence-corrected chi connectivity index (χ4v) is 3.56. The molecule has 0 saturated carbocycles. The van der Waals surface area contributed by atoms with Crippen molar-refractivity contribution in [1.82, 2.24) is 25.2 Å². The van der Waals surface area contributed by atoms with Crippen LogP contribution in [-0.2, 0) is 6.42 Å². The van der Waals surface area contributed by atoms with E-state index in [1.165, 1.54) is 6.42 Å². The van der Waals surface area contributed by atoms with Crippen molar-refractivity contribution in [3.63, 3.8) is 0 Å². The van der Waals surface area contributed by atoms with Gasteiger partial charge in [0.25, 0.3) is 5.91 Å². The highest BCUT2D eigenvalue weighted by Crippen LogP contribution is 2.18. The minimum Gasteiger partial charge on any atom is -0.350 e. The molecular formula is C18H24ClN5O. The molecule has 7 heteroatoms. The summed E-state index contributed by atoms with van der Waals surface area (Å²) in [7, 11) is 2.12. The quantitative estimate of drug-likeness (QED) is 0.889. The van der Waals surface area contributed by atoms with E-state index in [9.17, 15) is 4.79 Å². The van der Waals surface area contributed by atoms with Crippen LogP contribution in [0, 0.1) is 5.92 Å². The zero-order valence-electron chi connectivity index (χ0n) is 14.7. The average Bonchev–Trinajstić information content (AvgIpc) is 3.04. The number of halogens is 1. The molecule has 3 rings (SSSR count). The Morgan fingerprint density at radius 2 is 2.28 bits per heavy atom. The predicted octanol–water partition coefficient (Wildman–Crippen LogP) is 2.55. The van der Waals surface area contributed by atoms with Crippen LogP contribution in [0.1, 0.15) is 35.9 Å². The second kappa shape index (κ2) is 7.97. The third-order valence-corrected chi connectivity index (χ3v) is 4.87. The standard InChI is InChI=1S/C18H24ClN5O/c1-3-16-17(18(25)20-11-13-6-5-9-23(2)12-13)21-22-24(16)15-8-4-7-14(19)10-15/h4,7-8,10,13H,3,5-6,9,11-12H2,1-2H3,(H,20,25). The molecule has 1 unspecified atom stereocenters. The van der Waals surface area contributed by atoms with Crippen LogP contribution in [-0.4, -0.2) is 52.5 Å². The maximum Gasteiger partial charge on any atom is 0.273 e. The van der Waals surface area contributed by atoms with Gasteiger partial charge in [0.1, 0.15) is 0 Å². The molecular weight excluding hydrogens is 338 g/mol. The van der Waals surface area contributed by atoms with E-state index in [0.717, 1.165) is 30.9 Å². The number of likely N-dealkylation sites (tertiary alicyclic amines) is 1. The second-order valence-electron chi connectivity index (χ2n) is 6.61. The van der Waals surface area contributed by atoms with Crippen molar-refractivity contribution < 1.29 is 4.79 Å². The van der Waals surface area contributed by atoms with Crippen molar-refractivity contribution in [2.75, 3.05) is 26.7 Å². The van der Waals surface area contributed by atoms with Gasteiger partial charge in [-0.1, -0.05) is 29.8 Å². The van der Waals surface area contributed by atoms with Gasteiger partial charge in [-0.3, -0.25) is 4.79 Å². The topological polar surface area (TPSA) is 63.1 Å². The van der Waals surface area contributed by atoms with Gasteiger partial charge in [-0.15, -0.1) is 5.10 Å². The van der Waals surface area contributed by atoms with Crippen molar-refractivity contribution in [2.45, 2.75) is 26.2 Å². The summed E-state index contributed by atoms with van der Waals surface area (Å²) in [6.07, 6.45) is 3.00. The summed E-state index contributed by atoms with van der Waals surface area (Å²) in [5, 5.41) is 11.9. The number of hydrogen-bond donors (Lipinski definition) is 1. The van der Waals surface area contributed by atoms with Crippen LogP contribution in [0.3, 0.4) is 0 Å². The number of nitrogens with zero attached hydrogens (tertiary/aromatic N) is 4. The Labute approximate surface area is 153 Å². The van der Waals surface area contributed by atoms with Gasteiger partial charge in [0, 0.05) is 18.1 Å². The third kappa shape index (κ3) is 4.19. The number of nitrogens with one attached hydrogen (secondary N) is 1. The average molecular weight is 362 g/mol. The maximum absolute atomic E-state index is 12.6. The van der Waals surface area contributed by atoms with E-state index in [2.05, 4.69) is 27.6 Å². The smallest absolute Gasteiger partial charge is 0.273 e. The number of amides is 1. The Morgan fingerprint density at radius 3 is 3.00 bits per heavy atom. The molecule has 6 nitrogen and oxygen atoms in total. The third-order valence-electron chi connectivity index (χ3n) is 4.64. The van der Waals surface area contributed by atoms with E-state index >= 15 is 0 Å². The molecule has 0 spiro atoms. The van der Waals surface area contributed by atoms with Crippen LogP contribution in [0.25, 0.3) is 5.69 Å². The number of benzene rings is 1. The van der Waals surface area contributed by atoms with E-state index < -0.39 is 0 Å². The minimum absolute atomic E-state index is 0.154. The molecule has 25 heavy (non-hydrogen) atoms. The van der Waals surface area contributed by atoms with Crippen molar-refractivity contribution in [1.29, 1.82) is 0 Å². The summed E-state index contributed by atoms with van der Waals surface area (Å²) in [6, 6.07) is 7.38. The molecule has 1 aliphatic heterocycles. The molecule has 0 aliphatic carbocycles. The van der Waals surface area contributed by atoms with Gasteiger partial charge in [0.05, 0.1) is 11.4 Å². The molecule has 1 saturated heterocycles. The lowest BCUT2D eigenvalue weighted by Crippen LogP contribution is -2.39. The molecule has 1 atom stereocenters. The van der Waals surface area contributed by atoms with E-state index in [1.54, 1.807) is 4.68 Å². The monoisotopic (exact) mass is 361 g/mol. The van der Waals surface area contributed by atoms with E-state index in [-0.39, 0.29) is 5.91 Å². The largest absolute Gasteiger partial charge is 0.350 e. The van der Waals surface area contributed by atoms with Crippen molar-refractivity contribution in [3.05, 3.63) is 40.7 Å². The van der Waals surface area contributed by atoms with E-state index in [0.29, 0.717) is 29.6 Å². The molecule has 1 aromatic carbocycles. The number of carbonyl (C=O) groups is 1. The lowest BCUT2D eigenvalue weighted by molar-refractivity contribution is 0.0931. The number of hydrogen-bond acceptors (Lipinski definition) is 4. The van der Waals surface area contributed by atoms with Crippen LogP contribution in [0.15, 0.2) is 24.3 Å². The summed E-state index contributed by atoms with van der Waals surface area (Å²) >= 11 is 6.06. The fraction of sp³-hybridized carbons (Fsp3) is 0.500. The van der Waals surface area contributed by atoms with Crippen molar-refractivity contribution >= 4 is 17.5 Å². The second-order valence-corrected chi connectivity index (χ2v) is 7.05. The number of rotatable bonds is 5. The lowest BCUT2D eigenvalue weighted by Gasteiger charge is -2.29. The highest BCUT2D eigenvalue weighted by Gasteiger charge is 2.22. The molecule has 0 radical (unpaired) electrons. The van der Waals surface area contributed by atoms with Crippen molar-refractivity contribution in [2.24, 2.45) is 5.92 Å². The molecule has 1 aliphatic rings. The highest BCUT2D eigenvalue weighted by atomic mass is 35.5. The Bertz CT molecular complexity index is 745. The van der Waals surface area contributed by atoms with Gasteiger partial charge >= 0.3 is 0 Å². The maximum atomic E-state index is 12.6. The first kappa shape index (κ1) is 17.9. The Morgan fingerprint density at radius 1 is 1.44 bits per heavy atom. The molecule has 1 aromatic heterocycles. The molecule has 1 N–H and O–H groups in total. The zero-order chi connectivity index (χ0) is 17.8. The SMILES string of the molecule is CCc1c(C(=O)NCC2CCCN(C)C2)nnn1-c1cccc(Cl)c1. The van der Waals surface area contributed by atoms with E-state index in [4.69, 9.17) is 11.6 Å². The van der Waals surface area contributed by atoms with Gasteiger partial charge in [-0.05, 0) is 57.0 Å². The lowest BCUT2D eigenvalue weighted by atomic mass is 9.98. The molecule has 2 aromatic rings. The van der Waals surface area contributed by atoms with Crippen LogP contribution in [0.4, 0.5) is 0 Å². The van der Waals surface area contributed by atoms with Gasteiger partial charge in [0.15, 0.2) is 5.69 Å². The van der Waals surface area contributed by atoms with Crippen LogP contribution in [0.5, 0.6) is 0 Å².